The minimum atomic E-state index is -0.799. The average Bonchev–Trinajstić information content (AvgIpc) is 2.96. The molecule has 2 aromatic heterocycles. The van der Waals surface area contributed by atoms with E-state index in [9.17, 15) is 4.79 Å². The van der Waals surface area contributed by atoms with Crippen LogP contribution in [0.2, 0.25) is 0 Å². The van der Waals surface area contributed by atoms with Gasteiger partial charge in [-0.3, -0.25) is 9.48 Å². The van der Waals surface area contributed by atoms with Gasteiger partial charge in [-0.2, -0.15) is 10.4 Å². The van der Waals surface area contributed by atoms with Crippen LogP contribution in [0.3, 0.4) is 0 Å². The molecule has 0 aliphatic heterocycles. The Morgan fingerprint density at radius 1 is 1.72 bits per heavy atom. The number of carbonyl (C=O) groups is 1. The largest absolute Gasteiger partial charge is 0.316 e. The van der Waals surface area contributed by atoms with Crippen LogP contribution in [0.1, 0.15) is 17.2 Å². The van der Waals surface area contributed by atoms with Crippen molar-refractivity contribution in [2.24, 2.45) is 12.8 Å². The van der Waals surface area contributed by atoms with E-state index in [4.69, 9.17) is 11.0 Å². The van der Waals surface area contributed by atoms with Gasteiger partial charge < -0.3 is 11.1 Å². The summed E-state index contributed by atoms with van der Waals surface area (Å²) in [5.74, 6) is -0.359. The number of thiophene rings is 1. The number of hydrogen-bond donors (Lipinski definition) is 2. The Morgan fingerprint density at radius 3 is 3.11 bits per heavy atom. The first-order valence-electron chi connectivity index (χ1n) is 5.14. The van der Waals surface area contributed by atoms with Crippen molar-refractivity contribution < 1.29 is 4.79 Å². The molecule has 0 aliphatic rings. The van der Waals surface area contributed by atoms with Crippen LogP contribution in [0.4, 0.5) is 5.00 Å². The highest BCUT2D eigenvalue weighted by Crippen LogP contribution is 2.23. The summed E-state index contributed by atoms with van der Waals surface area (Å²) in [5, 5.41) is 17.7. The molecule has 18 heavy (non-hydrogen) atoms. The third-order valence-corrected chi connectivity index (χ3v) is 3.22. The molecule has 6 nitrogen and oxygen atoms in total. The molecule has 92 valence electrons. The van der Waals surface area contributed by atoms with E-state index in [1.165, 1.54) is 11.3 Å². The number of nitrogens with zero attached hydrogens (tertiary/aromatic N) is 3. The average molecular weight is 261 g/mol. The number of nitrogens with two attached hydrogens (primary N) is 1. The van der Waals surface area contributed by atoms with Crippen LogP contribution in [0.15, 0.2) is 23.8 Å². The molecule has 0 aromatic carbocycles. The van der Waals surface area contributed by atoms with E-state index in [0.29, 0.717) is 16.1 Å². The van der Waals surface area contributed by atoms with Crippen molar-refractivity contribution >= 4 is 22.2 Å². The van der Waals surface area contributed by atoms with Crippen molar-refractivity contribution in [1.82, 2.24) is 9.78 Å². The molecule has 0 aliphatic carbocycles. The van der Waals surface area contributed by atoms with Gasteiger partial charge in [-0.1, -0.05) is 0 Å². The number of amides is 1. The summed E-state index contributed by atoms with van der Waals surface area (Å²) in [6, 6.07) is 2.85. The Bertz CT molecular complexity index is 609. The van der Waals surface area contributed by atoms with Gasteiger partial charge in [-0.15, -0.1) is 11.3 Å². The van der Waals surface area contributed by atoms with Crippen LogP contribution in [0.5, 0.6) is 0 Å². The zero-order chi connectivity index (χ0) is 13.1. The molecule has 1 unspecified atom stereocenters. The summed E-state index contributed by atoms with van der Waals surface area (Å²) >= 11 is 1.29. The third-order valence-electron chi connectivity index (χ3n) is 2.39. The molecule has 2 aromatic rings. The van der Waals surface area contributed by atoms with E-state index in [1.54, 1.807) is 35.6 Å². The molecule has 3 N–H and O–H groups in total. The Morgan fingerprint density at radius 2 is 2.50 bits per heavy atom. The fourth-order valence-corrected chi connectivity index (χ4v) is 2.18. The van der Waals surface area contributed by atoms with Gasteiger partial charge in [-0.25, -0.2) is 0 Å². The summed E-state index contributed by atoms with van der Waals surface area (Å²) in [6.45, 7) is 0. The number of hydrogen-bond acceptors (Lipinski definition) is 5. The number of anilines is 1. The molecule has 7 heteroatoms. The van der Waals surface area contributed by atoms with E-state index in [1.807, 2.05) is 6.07 Å². The standard InChI is InChI=1S/C11H11N5OS/c1-16-6-8(5-14-16)9(13)10(17)15-11-7(4-12)2-3-18-11/h2-3,5-6,9H,13H2,1H3,(H,15,17). The second-order valence-corrected chi connectivity index (χ2v) is 4.61. The molecule has 0 spiro atoms. The molecule has 2 rings (SSSR count). The first-order chi connectivity index (χ1) is 8.61. The molecule has 0 saturated heterocycles. The maximum absolute atomic E-state index is 11.9. The fraction of sp³-hybridized carbons (Fsp3) is 0.182. The lowest BCUT2D eigenvalue weighted by Crippen LogP contribution is -2.27. The topological polar surface area (TPSA) is 96.7 Å². The number of rotatable bonds is 3. The van der Waals surface area contributed by atoms with E-state index >= 15 is 0 Å². The molecule has 2 heterocycles. The number of aromatic nitrogens is 2. The second kappa shape index (κ2) is 5.00. The lowest BCUT2D eigenvalue weighted by atomic mass is 10.1. The van der Waals surface area contributed by atoms with Crippen LogP contribution in [0, 0.1) is 11.3 Å². The van der Waals surface area contributed by atoms with Gasteiger partial charge in [0.1, 0.15) is 17.1 Å². The van der Waals surface area contributed by atoms with Crippen LogP contribution in [-0.2, 0) is 11.8 Å². The van der Waals surface area contributed by atoms with Crippen molar-refractivity contribution in [3.63, 3.8) is 0 Å². The van der Waals surface area contributed by atoms with Crippen LogP contribution >= 0.6 is 11.3 Å². The minimum absolute atomic E-state index is 0.359. The van der Waals surface area contributed by atoms with Crippen molar-refractivity contribution in [3.05, 3.63) is 35.0 Å². The highest BCUT2D eigenvalue weighted by molar-refractivity contribution is 7.14. The summed E-state index contributed by atoms with van der Waals surface area (Å²) < 4.78 is 1.58. The number of nitriles is 1. The molecular weight excluding hydrogens is 250 g/mol. The third kappa shape index (κ3) is 2.40. The van der Waals surface area contributed by atoms with E-state index in [2.05, 4.69) is 10.4 Å². The minimum Gasteiger partial charge on any atom is -0.316 e. The Balaban J connectivity index is 2.11. The van der Waals surface area contributed by atoms with E-state index in [-0.39, 0.29) is 5.91 Å². The SMILES string of the molecule is Cn1cc(C(N)C(=O)Nc2sccc2C#N)cn1. The molecule has 1 atom stereocenters. The zero-order valence-electron chi connectivity index (χ0n) is 9.62. The van der Waals surface area contributed by atoms with Gasteiger partial charge in [0.05, 0.1) is 11.8 Å². The first-order valence-corrected chi connectivity index (χ1v) is 6.02. The van der Waals surface area contributed by atoms with Gasteiger partial charge in [0.2, 0.25) is 5.91 Å². The molecule has 0 bridgehead atoms. The molecule has 0 saturated carbocycles. The summed E-state index contributed by atoms with van der Waals surface area (Å²) in [7, 11) is 1.75. The Kier molecular flexibility index (Phi) is 3.41. The summed E-state index contributed by atoms with van der Waals surface area (Å²) in [5.41, 5.74) is 6.88. The Labute approximate surface area is 108 Å². The zero-order valence-corrected chi connectivity index (χ0v) is 10.4. The highest BCUT2D eigenvalue weighted by atomic mass is 32.1. The predicted octanol–water partition coefficient (Wildman–Crippen LogP) is 0.992. The molecular formula is C11H11N5OS. The normalized spacial score (nSPS) is 11.8. The van der Waals surface area contributed by atoms with Crippen LogP contribution in [0.25, 0.3) is 0 Å². The Hall–Kier alpha value is -2.17. The van der Waals surface area contributed by atoms with Crippen LogP contribution in [-0.4, -0.2) is 15.7 Å². The first kappa shape index (κ1) is 12.3. The summed E-state index contributed by atoms with van der Waals surface area (Å²) in [6.07, 6.45) is 3.23. The van der Waals surface area contributed by atoms with Gasteiger partial charge >= 0.3 is 0 Å². The van der Waals surface area contributed by atoms with Gasteiger partial charge in [0.15, 0.2) is 0 Å². The lowest BCUT2D eigenvalue weighted by molar-refractivity contribution is -0.117. The van der Waals surface area contributed by atoms with Crippen LogP contribution < -0.4 is 11.1 Å². The van der Waals surface area contributed by atoms with Crippen molar-refractivity contribution in [3.8, 4) is 6.07 Å². The lowest BCUT2D eigenvalue weighted by Gasteiger charge is -2.09. The van der Waals surface area contributed by atoms with Gasteiger partial charge in [0, 0.05) is 18.8 Å². The van der Waals surface area contributed by atoms with Crippen molar-refractivity contribution in [2.45, 2.75) is 6.04 Å². The molecule has 0 radical (unpaired) electrons. The monoisotopic (exact) mass is 261 g/mol. The smallest absolute Gasteiger partial charge is 0.246 e. The number of aryl methyl sites for hydroxylation is 1. The number of nitrogens with one attached hydrogen (secondary N) is 1. The maximum atomic E-state index is 11.9. The second-order valence-electron chi connectivity index (χ2n) is 3.69. The van der Waals surface area contributed by atoms with Gasteiger partial charge in [0.25, 0.3) is 0 Å². The van der Waals surface area contributed by atoms with Crippen molar-refractivity contribution in [1.29, 1.82) is 5.26 Å². The maximum Gasteiger partial charge on any atom is 0.246 e. The van der Waals surface area contributed by atoms with E-state index < -0.39 is 6.04 Å². The highest BCUT2D eigenvalue weighted by Gasteiger charge is 2.18. The predicted molar refractivity (Wildman–Crippen MR) is 67.8 cm³/mol. The van der Waals surface area contributed by atoms with E-state index in [0.717, 1.165) is 0 Å². The molecule has 0 fully saturated rings. The van der Waals surface area contributed by atoms with Gasteiger partial charge in [-0.05, 0) is 11.4 Å². The molecule has 1 amide bonds. The fourth-order valence-electron chi connectivity index (χ4n) is 1.44. The number of carbonyl (C=O) groups excluding carboxylic acids is 1. The summed E-state index contributed by atoms with van der Waals surface area (Å²) in [4.78, 5) is 11.9. The van der Waals surface area contributed by atoms with Crippen molar-refractivity contribution in [2.75, 3.05) is 5.32 Å². The quantitative estimate of drug-likeness (QED) is 0.861.